The number of hydrogen-bond donors (Lipinski definition) is 2. The molecule has 0 saturated heterocycles. The van der Waals surface area contributed by atoms with Crippen molar-refractivity contribution < 1.29 is 9.59 Å². The second-order valence-electron chi connectivity index (χ2n) is 3.79. The SMILES string of the molecule is N#CCCC[C@@H](NC(=O)C1CC1)C(N)=O. The Morgan fingerprint density at radius 2 is 2.20 bits per heavy atom. The minimum Gasteiger partial charge on any atom is -0.368 e. The zero-order chi connectivity index (χ0) is 11.3. The summed E-state index contributed by atoms with van der Waals surface area (Å²) in [5, 5.41) is 11.0. The largest absolute Gasteiger partial charge is 0.368 e. The molecule has 1 saturated carbocycles. The average Bonchev–Trinajstić information content (AvgIpc) is 2.99. The Kier molecular flexibility index (Phi) is 4.10. The van der Waals surface area contributed by atoms with Crippen molar-refractivity contribution in [3.63, 3.8) is 0 Å². The molecule has 1 aliphatic rings. The summed E-state index contributed by atoms with van der Waals surface area (Å²) in [4.78, 5) is 22.4. The lowest BCUT2D eigenvalue weighted by Crippen LogP contribution is -2.44. The van der Waals surface area contributed by atoms with Crippen molar-refractivity contribution in [3.05, 3.63) is 0 Å². The van der Waals surface area contributed by atoms with E-state index in [1.807, 2.05) is 6.07 Å². The van der Waals surface area contributed by atoms with Gasteiger partial charge in [0.2, 0.25) is 11.8 Å². The standard InChI is InChI=1S/C10H15N3O2/c11-6-2-1-3-8(9(12)14)13-10(15)7-4-5-7/h7-8H,1-5H2,(H2,12,14)(H,13,15)/t8-/m1/s1. The van der Waals surface area contributed by atoms with Crippen LogP contribution in [0.25, 0.3) is 0 Å². The maximum atomic E-state index is 11.4. The number of unbranched alkanes of at least 4 members (excludes halogenated alkanes) is 1. The molecule has 0 aromatic heterocycles. The predicted octanol–water partition coefficient (Wildman–Crippen LogP) is 0.0604. The summed E-state index contributed by atoms with van der Waals surface area (Å²) >= 11 is 0. The molecule has 1 fully saturated rings. The molecule has 1 atom stereocenters. The van der Waals surface area contributed by atoms with Crippen LogP contribution >= 0.6 is 0 Å². The van der Waals surface area contributed by atoms with Gasteiger partial charge >= 0.3 is 0 Å². The third-order valence-electron chi connectivity index (χ3n) is 2.39. The Balaban J connectivity index is 2.32. The van der Waals surface area contributed by atoms with Crippen LogP contribution in [0.15, 0.2) is 0 Å². The summed E-state index contributed by atoms with van der Waals surface area (Å²) < 4.78 is 0. The van der Waals surface area contributed by atoms with Crippen LogP contribution in [0.3, 0.4) is 0 Å². The van der Waals surface area contributed by atoms with E-state index < -0.39 is 11.9 Å². The monoisotopic (exact) mass is 209 g/mol. The molecule has 15 heavy (non-hydrogen) atoms. The van der Waals surface area contributed by atoms with Crippen LogP contribution in [0.5, 0.6) is 0 Å². The lowest BCUT2D eigenvalue weighted by atomic mass is 10.1. The van der Waals surface area contributed by atoms with Gasteiger partial charge in [-0.05, 0) is 25.7 Å². The van der Waals surface area contributed by atoms with Crippen LogP contribution < -0.4 is 11.1 Å². The van der Waals surface area contributed by atoms with Crippen LogP contribution in [0.4, 0.5) is 0 Å². The molecular weight excluding hydrogens is 194 g/mol. The first kappa shape index (κ1) is 11.5. The van der Waals surface area contributed by atoms with Crippen molar-refractivity contribution in [1.29, 1.82) is 5.26 Å². The molecule has 0 aromatic rings. The van der Waals surface area contributed by atoms with Gasteiger partial charge in [0.05, 0.1) is 6.07 Å². The first-order chi connectivity index (χ1) is 7.15. The Labute approximate surface area is 88.6 Å². The quantitative estimate of drug-likeness (QED) is 0.605. The number of carbonyl (C=O) groups is 2. The molecule has 5 nitrogen and oxygen atoms in total. The van der Waals surface area contributed by atoms with E-state index >= 15 is 0 Å². The Bertz CT molecular complexity index is 292. The van der Waals surface area contributed by atoms with E-state index in [-0.39, 0.29) is 11.8 Å². The molecule has 5 heteroatoms. The molecule has 0 aliphatic heterocycles. The van der Waals surface area contributed by atoms with E-state index in [0.717, 1.165) is 12.8 Å². The van der Waals surface area contributed by atoms with Crippen LogP contribution in [0.1, 0.15) is 32.1 Å². The number of nitrogens with one attached hydrogen (secondary N) is 1. The molecule has 3 N–H and O–H groups in total. The normalized spacial score (nSPS) is 16.5. The molecule has 0 aromatic carbocycles. The van der Waals surface area contributed by atoms with E-state index in [2.05, 4.69) is 5.32 Å². The van der Waals surface area contributed by atoms with Gasteiger partial charge in [-0.3, -0.25) is 9.59 Å². The molecule has 0 radical (unpaired) electrons. The highest BCUT2D eigenvalue weighted by Crippen LogP contribution is 2.28. The van der Waals surface area contributed by atoms with E-state index in [0.29, 0.717) is 19.3 Å². The van der Waals surface area contributed by atoms with Gasteiger partial charge in [-0.1, -0.05) is 0 Å². The fourth-order valence-corrected chi connectivity index (χ4v) is 1.31. The van der Waals surface area contributed by atoms with Gasteiger partial charge in [-0.2, -0.15) is 5.26 Å². The summed E-state index contributed by atoms with van der Waals surface area (Å²) in [5.74, 6) is -0.541. The number of rotatable bonds is 6. The van der Waals surface area contributed by atoms with Gasteiger partial charge in [-0.25, -0.2) is 0 Å². The van der Waals surface area contributed by atoms with Crippen molar-refractivity contribution in [2.24, 2.45) is 11.7 Å². The third-order valence-corrected chi connectivity index (χ3v) is 2.39. The van der Waals surface area contributed by atoms with Gasteiger partial charge in [0.15, 0.2) is 0 Å². The summed E-state index contributed by atoms with van der Waals surface area (Å²) in [6, 6.07) is 1.37. The van der Waals surface area contributed by atoms with Crippen molar-refractivity contribution >= 4 is 11.8 Å². The van der Waals surface area contributed by atoms with Gasteiger partial charge in [0.1, 0.15) is 6.04 Å². The first-order valence-corrected chi connectivity index (χ1v) is 5.11. The molecule has 2 amide bonds. The van der Waals surface area contributed by atoms with Crippen molar-refractivity contribution in [2.45, 2.75) is 38.1 Å². The Hall–Kier alpha value is -1.57. The summed E-state index contributed by atoms with van der Waals surface area (Å²) in [7, 11) is 0. The molecule has 0 heterocycles. The van der Waals surface area contributed by atoms with Crippen molar-refractivity contribution in [2.75, 3.05) is 0 Å². The smallest absolute Gasteiger partial charge is 0.240 e. The molecule has 0 unspecified atom stereocenters. The van der Waals surface area contributed by atoms with Crippen molar-refractivity contribution in [1.82, 2.24) is 5.32 Å². The van der Waals surface area contributed by atoms with Gasteiger partial charge in [0.25, 0.3) is 0 Å². The van der Waals surface area contributed by atoms with E-state index in [1.165, 1.54) is 0 Å². The van der Waals surface area contributed by atoms with Crippen LogP contribution in [0.2, 0.25) is 0 Å². The zero-order valence-electron chi connectivity index (χ0n) is 8.53. The van der Waals surface area contributed by atoms with Crippen LogP contribution in [-0.2, 0) is 9.59 Å². The first-order valence-electron chi connectivity index (χ1n) is 5.11. The summed E-state index contributed by atoms with van der Waals surface area (Å²) in [6.45, 7) is 0. The van der Waals surface area contributed by atoms with E-state index in [1.54, 1.807) is 0 Å². The number of nitrogens with two attached hydrogens (primary N) is 1. The maximum absolute atomic E-state index is 11.4. The highest BCUT2D eigenvalue weighted by Gasteiger charge is 2.31. The summed E-state index contributed by atoms with van der Waals surface area (Å²) in [5.41, 5.74) is 5.15. The highest BCUT2D eigenvalue weighted by molar-refractivity contribution is 5.88. The number of nitrogens with zero attached hydrogens (tertiary/aromatic N) is 1. The second kappa shape index (κ2) is 5.35. The summed E-state index contributed by atoms with van der Waals surface area (Å²) in [6.07, 6.45) is 3.20. The highest BCUT2D eigenvalue weighted by atomic mass is 16.2. The topological polar surface area (TPSA) is 96.0 Å². The number of nitriles is 1. The Morgan fingerprint density at radius 1 is 1.53 bits per heavy atom. The number of primary amides is 1. The molecule has 82 valence electrons. The molecular formula is C10H15N3O2. The second-order valence-corrected chi connectivity index (χ2v) is 3.79. The minimum absolute atomic E-state index is 0.0721. The third kappa shape index (κ3) is 3.98. The molecule has 1 rings (SSSR count). The predicted molar refractivity (Wildman–Crippen MR) is 53.3 cm³/mol. The Morgan fingerprint density at radius 3 is 2.67 bits per heavy atom. The van der Waals surface area contributed by atoms with Crippen LogP contribution in [0, 0.1) is 17.2 Å². The molecule has 0 spiro atoms. The zero-order valence-corrected chi connectivity index (χ0v) is 8.53. The fourth-order valence-electron chi connectivity index (χ4n) is 1.31. The van der Waals surface area contributed by atoms with E-state index in [9.17, 15) is 9.59 Å². The molecule has 1 aliphatic carbocycles. The van der Waals surface area contributed by atoms with E-state index in [4.69, 9.17) is 11.0 Å². The lowest BCUT2D eigenvalue weighted by Gasteiger charge is -2.14. The average molecular weight is 209 g/mol. The number of hydrogen-bond acceptors (Lipinski definition) is 3. The number of amides is 2. The van der Waals surface area contributed by atoms with Gasteiger partial charge in [-0.15, -0.1) is 0 Å². The minimum atomic E-state index is -0.619. The van der Waals surface area contributed by atoms with Gasteiger partial charge in [0, 0.05) is 12.3 Å². The van der Waals surface area contributed by atoms with Crippen LogP contribution in [-0.4, -0.2) is 17.9 Å². The van der Waals surface area contributed by atoms with Gasteiger partial charge < -0.3 is 11.1 Å². The maximum Gasteiger partial charge on any atom is 0.240 e. The lowest BCUT2D eigenvalue weighted by molar-refractivity contribution is -0.128. The molecule has 0 bridgehead atoms. The van der Waals surface area contributed by atoms with Crippen molar-refractivity contribution in [3.8, 4) is 6.07 Å². The number of carbonyl (C=O) groups excluding carboxylic acids is 2. The fraction of sp³-hybridized carbons (Fsp3) is 0.700.